The Bertz CT molecular complexity index is 814. The Balaban J connectivity index is 2.24. The highest BCUT2D eigenvalue weighted by atomic mass is 79.9. The summed E-state index contributed by atoms with van der Waals surface area (Å²) in [6, 6.07) is 8.73. The number of carbonyl (C=O) groups excluding carboxylic acids is 2. The Morgan fingerprint density at radius 3 is 2.60 bits per heavy atom. The Morgan fingerprint density at radius 2 is 2.00 bits per heavy atom. The molecule has 1 atom stereocenters. The highest BCUT2D eigenvalue weighted by molar-refractivity contribution is 9.10. The van der Waals surface area contributed by atoms with E-state index in [1.165, 1.54) is 19.3 Å². The van der Waals surface area contributed by atoms with Crippen molar-refractivity contribution >= 4 is 39.8 Å². The molecule has 0 aliphatic carbocycles. The van der Waals surface area contributed by atoms with Gasteiger partial charge in [-0.1, -0.05) is 22.0 Å². The summed E-state index contributed by atoms with van der Waals surface area (Å²) in [7, 11) is 0. The van der Waals surface area contributed by atoms with Crippen molar-refractivity contribution in [2.45, 2.75) is 13.0 Å². The van der Waals surface area contributed by atoms with Gasteiger partial charge in [-0.2, -0.15) is 0 Å². The zero-order valence-electron chi connectivity index (χ0n) is 13.2. The first-order valence-electron chi connectivity index (χ1n) is 7.22. The number of rotatable bonds is 6. The lowest BCUT2D eigenvalue weighted by atomic mass is 10.2. The SMILES string of the molecule is C[C@@H](NC(=O)/C(=C/c1ccco1)NC(=O)c1cccc(Br)c1)C(=O)O. The number of hydrogen-bond acceptors (Lipinski definition) is 4. The van der Waals surface area contributed by atoms with Gasteiger partial charge in [0.15, 0.2) is 0 Å². The van der Waals surface area contributed by atoms with Crippen molar-refractivity contribution in [2.75, 3.05) is 0 Å². The Labute approximate surface area is 151 Å². The average Bonchev–Trinajstić information content (AvgIpc) is 3.07. The van der Waals surface area contributed by atoms with Crippen molar-refractivity contribution in [1.29, 1.82) is 0 Å². The smallest absolute Gasteiger partial charge is 0.325 e. The molecule has 0 radical (unpaired) electrons. The molecule has 0 aliphatic rings. The molecule has 1 heterocycles. The summed E-state index contributed by atoms with van der Waals surface area (Å²) in [6.45, 7) is 1.32. The highest BCUT2D eigenvalue weighted by Gasteiger charge is 2.20. The molecule has 0 spiro atoms. The molecule has 25 heavy (non-hydrogen) atoms. The normalized spacial score (nSPS) is 12.3. The number of furan rings is 1. The maximum atomic E-state index is 12.4. The van der Waals surface area contributed by atoms with Crippen LogP contribution >= 0.6 is 15.9 Å². The molecule has 3 N–H and O–H groups in total. The Morgan fingerprint density at radius 1 is 1.24 bits per heavy atom. The fourth-order valence-corrected chi connectivity index (χ4v) is 2.23. The van der Waals surface area contributed by atoms with Crippen LogP contribution in [0.15, 0.2) is 57.2 Å². The second kappa shape index (κ2) is 8.29. The van der Waals surface area contributed by atoms with Crippen molar-refractivity contribution in [3.8, 4) is 0 Å². The second-order valence-electron chi connectivity index (χ2n) is 5.07. The number of hydrogen-bond donors (Lipinski definition) is 3. The van der Waals surface area contributed by atoms with E-state index in [1.807, 2.05) is 0 Å². The van der Waals surface area contributed by atoms with Gasteiger partial charge in [-0.25, -0.2) is 0 Å². The van der Waals surface area contributed by atoms with Crippen molar-refractivity contribution in [2.24, 2.45) is 0 Å². The van der Waals surface area contributed by atoms with Crippen LogP contribution in [-0.4, -0.2) is 28.9 Å². The molecule has 0 aliphatic heterocycles. The number of aliphatic carboxylic acids is 1. The second-order valence-corrected chi connectivity index (χ2v) is 5.99. The molecule has 0 saturated carbocycles. The Hall–Kier alpha value is -2.87. The van der Waals surface area contributed by atoms with Crippen LogP contribution in [0.1, 0.15) is 23.0 Å². The van der Waals surface area contributed by atoms with E-state index < -0.39 is 23.8 Å². The number of carboxylic acids is 1. The summed E-state index contributed by atoms with van der Waals surface area (Å²) >= 11 is 3.27. The summed E-state index contributed by atoms with van der Waals surface area (Å²) in [5.41, 5.74) is 0.201. The number of nitrogens with one attached hydrogen (secondary N) is 2. The number of carbonyl (C=O) groups is 3. The van der Waals surface area contributed by atoms with Crippen LogP contribution in [0.25, 0.3) is 6.08 Å². The van der Waals surface area contributed by atoms with Crippen molar-refractivity contribution in [3.63, 3.8) is 0 Å². The largest absolute Gasteiger partial charge is 0.480 e. The van der Waals surface area contributed by atoms with Gasteiger partial charge in [0.2, 0.25) is 0 Å². The molecular formula is C17H15BrN2O5. The summed E-state index contributed by atoms with van der Waals surface area (Å²) in [5, 5.41) is 13.7. The first-order valence-corrected chi connectivity index (χ1v) is 8.02. The fraction of sp³-hybridized carbons (Fsp3) is 0.118. The molecule has 1 aromatic carbocycles. The number of amides is 2. The van der Waals surface area contributed by atoms with E-state index in [0.29, 0.717) is 15.8 Å². The van der Waals surface area contributed by atoms with E-state index in [2.05, 4.69) is 26.6 Å². The molecule has 2 rings (SSSR count). The molecule has 2 aromatic rings. The van der Waals surface area contributed by atoms with Gasteiger partial charge >= 0.3 is 5.97 Å². The lowest BCUT2D eigenvalue weighted by molar-refractivity contribution is -0.140. The van der Waals surface area contributed by atoms with Crippen LogP contribution < -0.4 is 10.6 Å². The topological polar surface area (TPSA) is 109 Å². The van der Waals surface area contributed by atoms with Crippen LogP contribution in [0.2, 0.25) is 0 Å². The van der Waals surface area contributed by atoms with E-state index in [4.69, 9.17) is 9.52 Å². The molecular weight excluding hydrogens is 392 g/mol. The maximum Gasteiger partial charge on any atom is 0.325 e. The van der Waals surface area contributed by atoms with Gasteiger partial charge in [0, 0.05) is 16.1 Å². The van der Waals surface area contributed by atoms with Gasteiger partial charge in [-0.15, -0.1) is 0 Å². The summed E-state index contributed by atoms with van der Waals surface area (Å²) in [5.74, 6) is -2.11. The van der Waals surface area contributed by atoms with Crippen LogP contribution in [0, 0.1) is 0 Å². The predicted octanol–water partition coefficient (Wildman–Crippen LogP) is 2.40. The number of benzene rings is 1. The molecule has 1 aromatic heterocycles. The fourth-order valence-electron chi connectivity index (χ4n) is 1.83. The Kier molecular flexibility index (Phi) is 6.13. The van der Waals surface area contributed by atoms with Crippen LogP contribution in [-0.2, 0) is 9.59 Å². The van der Waals surface area contributed by atoms with Crippen LogP contribution in [0.4, 0.5) is 0 Å². The van der Waals surface area contributed by atoms with E-state index in [1.54, 1.807) is 36.4 Å². The molecule has 7 nitrogen and oxygen atoms in total. The molecule has 0 fully saturated rings. The van der Waals surface area contributed by atoms with E-state index in [-0.39, 0.29) is 5.70 Å². The van der Waals surface area contributed by atoms with Gasteiger partial charge < -0.3 is 20.2 Å². The monoisotopic (exact) mass is 406 g/mol. The van der Waals surface area contributed by atoms with Gasteiger partial charge in [-0.3, -0.25) is 14.4 Å². The molecule has 8 heteroatoms. The average molecular weight is 407 g/mol. The molecule has 2 amide bonds. The van der Waals surface area contributed by atoms with Crippen molar-refractivity contribution < 1.29 is 23.9 Å². The maximum absolute atomic E-state index is 12.4. The van der Waals surface area contributed by atoms with Gasteiger partial charge in [0.25, 0.3) is 11.8 Å². The minimum absolute atomic E-state index is 0.131. The molecule has 130 valence electrons. The molecule has 0 saturated heterocycles. The third kappa shape index (κ3) is 5.32. The predicted molar refractivity (Wildman–Crippen MR) is 93.5 cm³/mol. The third-order valence-electron chi connectivity index (χ3n) is 3.13. The quantitative estimate of drug-likeness (QED) is 0.638. The molecule has 0 bridgehead atoms. The van der Waals surface area contributed by atoms with Gasteiger partial charge in [0.05, 0.1) is 6.26 Å². The van der Waals surface area contributed by atoms with Crippen LogP contribution in [0.3, 0.4) is 0 Å². The lowest BCUT2D eigenvalue weighted by Gasteiger charge is -2.13. The highest BCUT2D eigenvalue weighted by Crippen LogP contribution is 2.13. The van der Waals surface area contributed by atoms with E-state index in [0.717, 1.165) is 0 Å². The number of carboxylic acid groups (broad SMARTS) is 1. The molecule has 0 unspecified atom stereocenters. The third-order valence-corrected chi connectivity index (χ3v) is 3.62. The summed E-state index contributed by atoms with van der Waals surface area (Å²) < 4.78 is 5.85. The van der Waals surface area contributed by atoms with Gasteiger partial charge in [-0.05, 0) is 37.3 Å². The van der Waals surface area contributed by atoms with Gasteiger partial charge in [0.1, 0.15) is 17.5 Å². The lowest BCUT2D eigenvalue weighted by Crippen LogP contribution is -2.42. The van der Waals surface area contributed by atoms with Crippen molar-refractivity contribution in [3.05, 3.63) is 64.2 Å². The first kappa shape index (κ1) is 18.5. The zero-order valence-corrected chi connectivity index (χ0v) is 14.7. The number of halogens is 1. The zero-order chi connectivity index (χ0) is 18.4. The first-order chi connectivity index (χ1) is 11.9. The van der Waals surface area contributed by atoms with E-state index in [9.17, 15) is 14.4 Å². The minimum Gasteiger partial charge on any atom is -0.480 e. The minimum atomic E-state index is -1.19. The standard InChI is InChI=1S/C17H15BrN2O5/c1-10(17(23)24)19-16(22)14(9-13-6-3-7-25-13)20-15(21)11-4-2-5-12(18)8-11/h2-10H,1H3,(H,19,22)(H,20,21)(H,23,24)/b14-9-/t10-/m1/s1. The van der Waals surface area contributed by atoms with Crippen LogP contribution in [0.5, 0.6) is 0 Å². The summed E-state index contributed by atoms with van der Waals surface area (Å²) in [4.78, 5) is 35.6. The van der Waals surface area contributed by atoms with E-state index >= 15 is 0 Å². The van der Waals surface area contributed by atoms with Crippen molar-refractivity contribution in [1.82, 2.24) is 10.6 Å². The summed E-state index contributed by atoms with van der Waals surface area (Å²) in [6.07, 6.45) is 2.73.